The van der Waals surface area contributed by atoms with Crippen molar-refractivity contribution in [1.29, 1.82) is 0 Å². The van der Waals surface area contributed by atoms with E-state index in [2.05, 4.69) is 31.9 Å². The summed E-state index contributed by atoms with van der Waals surface area (Å²) >= 11 is 6.59. The molecular formula is C16H8Br2F2O4. The van der Waals surface area contributed by atoms with Crippen LogP contribution in [-0.2, 0) is 0 Å². The van der Waals surface area contributed by atoms with Gasteiger partial charge in [0.2, 0.25) is 0 Å². The number of phenols is 1. The Labute approximate surface area is 150 Å². The van der Waals surface area contributed by atoms with E-state index in [4.69, 9.17) is 9.15 Å². The number of benzene rings is 2. The third-order valence-corrected chi connectivity index (χ3v) is 4.69. The maximum Gasteiger partial charge on any atom is 0.193 e. The fourth-order valence-electron chi connectivity index (χ4n) is 2.24. The van der Waals surface area contributed by atoms with Gasteiger partial charge in [0.25, 0.3) is 0 Å². The summed E-state index contributed by atoms with van der Waals surface area (Å²) in [6.45, 7) is 0. The van der Waals surface area contributed by atoms with E-state index in [0.717, 1.165) is 18.2 Å². The molecular weight excluding hydrogens is 454 g/mol. The Morgan fingerprint density at radius 2 is 1.75 bits per heavy atom. The largest absolute Gasteiger partial charge is 0.503 e. The molecule has 1 aromatic heterocycles. The quantitative estimate of drug-likeness (QED) is 0.584. The Kier molecular flexibility index (Phi) is 4.35. The smallest absolute Gasteiger partial charge is 0.193 e. The number of phenolic OH excluding ortho intramolecular Hbond substituents is 1. The molecule has 8 heteroatoms. The van der Waals surface area contributed by atoms with Gasteiger partial charge in [0, 0.05) is 11.6 Å². The predicted octanol–water partition coefficient (Wildman–Crippen LogP) is 4.98. The minimum Gasteiger partial charge on any atom is -0.503 e. The summed E-state index contributed by atoms with van der Waals surface area (Å²) in [5.74, 6) is -3.03. The van der Waals surface area contributed by atoms with Gasteiger partial charge in [-0.2, -0.15) is 0 Å². The lowest BCUT2D eigenvalue weighted by atomic mass is 10.1. The van der Waals surface area contributed by atoms with E-state index in [1.807, 2.05) is 0 Å². The third-order valence-electron chi connectivity index (χ3n) is 3.38. The van der Waals surface area contributed by atoms with Crippen LogP contribution in [0.15, 0.2) is 42.4 Å². The number of hydrogen-bond donors (Lipinski definition) is 1. The van der Waals surface area contributed by atoms with Crippen molar-refractivity contribution in [2.24, 2.45) is 0 Å². The van der Waals surface area contributed by atoms with Gasteiger partial charge in [-0.15, -0.1) is 0 Å². The van der Waals surface area contributed by atoms with Crippen molar-refractivity contribution < 1.29 is 23.0 Å². The first-order chi connectivity index (χ1) is 11.3. The molecule has 3 aromatic rings. The third kappa shape index (κ3) is 2.69. The van der Waals surface area contributed by atoms with Crippen molar-refractivity contribution in [1.82, 2.24) is 0 Å². The zero-order valence-corrected chi connectivity index (χ0v) is 15.2. The highest BCUT2D eigenvalue weighted by molar-refractivity contribution is 9.11. The van der Waals surface area contributed by atoms with Gasteiger partial charge in [-0.25, -0.2) is 8.78 Å². The Hall–Kier alpha value is -1.93. The number of halogens is 4. The van der Waals surface area contributed by atoms with Crippen LogP contribution in [0.1, 0.15) is 0 Å². The zero-order valence-electron chi connectivity index (χ0n) is 12.0. The van der Waals surface area contributed by atoms with Crippen LogP contribution >= 0.6 is 31.9 Å². The first-order valence-electron chi connectivity index (χ1n) is 6.51. The molecule has 0 aliphatic rings. The number of ether oxygens (including phenoxy) is 1. The molecule has 0 fully saturated rings. The van der Waals surface area contributed by atoms with E-state index in [0.29, 0.717) is 14.7 Å². The van der Waals surface area contributed by atoms with E-state index < -0.39 is 22.8 Å². The molecule has 0 unspecified atom stereocenters. The summed E-state index contributed by atoms with van der Waals surface area (Å²) in [7, 11) is 1.45. The Morgan fingerprint density at radius 3 is 2.33 bits per heavy atom. The van der Waals surface area contributed by atoms with E-state index >= 15 is 0 Å². The summed E-state index contributed by atoms with van der Waals surface area (Å²) in [4.78, 5) is 12.3. The Bertz CT molecular complexity index is 1010. The standard InChI is InChI=1S/C16H8Br2F2O4/c1-23-16-8(17)4-7-11(21)5-12(24-15(7)13(16)18)6-2-9(19)14(22)10(20)3-6/h2-5,22H,1H3. The molecule has 124 valence electrons. The summed E-state index contributed by atoms with van der Waals surface area (Å²) in [6.07, 6.45) is 0. The minimum atomic E-state index is -1.15. The monoisotopic (exact) mass is 460 g/mol. The fourth-order valence-corrected chi connectivity index (χ4v) is 3.77. The van der Waals surface area contributed by atoms with Gasteiger partial charge in [-0.05, 0) is 50.1 Å². The van der Waals surface area contributed by atoms with Crippen LogP contribution in [0.4, 0.5) is 8.78 Å². The number of aromatic hydroxyl groups is 1. The van der Waals surface area contributed by atoms with Gasteiger partial charge in [-0.1, -0.05) is 0 Å². The topological polar surface area (TPSA) is 59.7 Å². The van der Waals surface area contributed by atoms with Gasteiger partial charge < -0.3 is 14.3 Å². The number of rotatable bonds is 2. The van der Waals surface area contributed by atoms with Gasteiger partial charge in [0.1, 0.15) is 10.2 Å². The van der Waals surface area contributed by atoms with E-state index in [-0.39, 0.29) is 22.3 Å². The van der Waals surface area contributed by atoms with E-state index in [1.165, 1.54) is 13.2 Å². The van der Waals surface area contributed by atoms with Gasteiger partial charge in [0.15, 0.2) is 34.1 Å². The average Bonchev–Trinajstić information content (AvgIpc) is 2.53. The molecule has 0 bridgehead atoms. The van der Waals surface area contributed by atoms with Crippen molar-refractivity contribution in [2.45, 2.75) is 0 Å². The first kappa shape index (κ1) is 16.9. The van der Waals surface area contributed by atoms with Gasteiger partial charge in [-0.3, -0.25) is 4.79 Å². The van der Waals surface area contributed by atoms with Crippen molar-refractivity contribution in [3.05, 3.63) is 55.1 Å². The Morgan fingerprint density at radius 1 is 1.12 bits per heavy atom. The minimum absolute atomic E-state index is 0.0180. The van der Waals surface area contributed by atoms with Crippen LogP contribution < -0.4 is 10.2 Å². The maximum absolute atomic E-state index is 13.5. The highest BCUT2D eigenvalue weighted by atomic mass is 79.9. The molecule has 4 nitrogen and oxygen atoms in total. The lowest BCUT2D eigenvalue weighted by Gasteiger charge is -2.10. The van der Waals surface area contributed by atoms with Gasteiger partial charge >= 0.3 is 0 Å². The van der Waals surface area contributed by atoms with E-state index in [1.54, 1.807) is 0 Å². The summed E-state index contributed by atoms with van der Waals surface area (Å²) in [5, 5.41) is 9.44. The molecule has 2 aromatic carbocycles. The predicted molar refractivity (Wildman–Crippen MR) is 91.5 cm³/mol. The molecule has 0 amide bonds. The van der Waals surface area contributed by atoms with E-state index in [9.17, 15) is 18.7 Å². The van der Waals surface area contributed by atoms with Crippen molar-refractivity contribution >= 4 is 42.8 Å². The molecule has 0 atom stereocenters. The maximum atomic E-state index is 13.5. The SMILES string of the molecule is COc1c(Br)cc2c(=O)cc(-c3cc(F)c(O)c(F)c3)oc2c1Br. The molecule has 3 rings (SSSR count). The molecule has 0 spiro atoms. The van der Waals surface area contributed by atoms with Crippen molar-refractivity contribution in [3.8, 4) is 22.8 Å². The summed E-state index contributed by atoms with van der Waals surface area (Å²) in [6, 6.07) is 4.42. The summed E-state index contributed by atoms with van der Waals surface area (Å²) < 4.78 is 38.9. The second-order valence-corrected chi connectivity index (χ2v) is 6.49. The lowest BCUT2D eigenvalue weighted by molar-refractivity contribution is 0.396. The number of methoxy groups -OCH3 is 1. The molecule has 0 saturated heterocycles. The summed E-state index contributed by atoms with van der Waals surface area (Å²) in [5.41, 5.74) is -0.244. The molecule has 0 aliphatic carbocycles. The normalized spacial score (nSPS) is 11.0. The van der Waals surface area contributed by atoms with Crippen molar-refractivity contribution in [2.75, 3.05) is 7.11 Å². The lowest BCUT2D eigenvalue weighted by Crippen LogP contribution is -2.02. The van der Waals surface area contributed by atoms with Crippen LogP contribution in [0, 0.1) is 11.6 Å². The van der Waals surface area contributed by atoms with Crippen LogP contribution in [-0.4, -0.2) is 12.2 Å². The molecule has 1 N–H and O–H groups in total. The highest BCUT2D eigenvalue weighted by Crippen LogP contribution is 2.40. The molecule has 1 heterocycles. The fraction of sp³-hybridized carbons (Fsp3) is 0.0625. The second kappa shape index (κ2) is 6.18. The van der Waals surface area contributed by atoms with Crippen LogP contribution in [0.3, 0.4) is 0 Å². The second-order valence-electron chi connectivity index (χ2n) is 4.85. The van der Waals surface area contributed by atoms with Crippen LogP contribution in [0.25, 0.3) is 22.3 Å². The molecule has 0 aliphatic heterocycles. The highest BCUT2D eigenvalue weighted by Gasteiger charge is 2.18. The molecule has 0 radical (unpaired) electrons. The molecule has 24 heavy (non-hydrogen) atoms. The van der Waals surface area contributed by atoms with Crippen LogP contribution in [0.2, 0.25) is 0 Å². The average molecular weight is 462 g/mol. The van der Waals surface area contributed by atoms with Gasteiger partial charge in [0.05, 0.1) is 17.0 Å². The number of hydrogen-bond acceptors (Lipinski definition) is 4. The van der Waals surface area contributed by atoms with Crippen LogP contribution in [0.5, 0.6) is 11.5 Å². The zero-order chi connectivity index (χ0) is 17.6. The Balaban J connectivity index is 2.34. The molecule has 0 saturated carbocycles. The first-order valence-corrected chi connectivity index (χ1v) is 8.10. The van der Waals surface area contributed by atoms with Crippen molar-refractivity contribution in [3.63, 3.8) is 0 Å². The number of fused-ring (bicyclic) bond motifs is 1.